The zero-order valence-corrected chi connectivity index (χ0v) is 8.23. The zero-order chi connectivity index (χ0) is 10.7. The summed E-state index contributed by atoms with van der Waals surface area (Å²) in [5.41, 5.74) is 2.37. The summed E-state index contributed by atoms with van der Waals surface area (Å²) in [6.45, 7) is 0. The largest absolute Gasteiger partial charge is 0.496 e. The number of aldehydes is 1. The molecule has 0 amide bonds. The van der Waals surface area contributed by atoms with Gasteiger partial charge in [0.2, 0.25) is 0 Å². The number of aromatic nitrogens is 2. The first-order valence-corrected chi connectivity index (χ1v) is 4.47. The molecule has 0 bridgehead atoms. The number of rotatable bonds is 3. The van der Waals surface area contributed by atoms with Gasteiger partial charge in [0.05, 0.1) is 13.3 Å². The lowest BCUT2D eigenvalue weighted by Crippen LogP contribution is -1.89. The molecule has 1 aromatic carbocycles. The smallest absolute Gasteiger partial charge is 0.150 e. The van der Waals surface area contributed by atoms with Crippen LogP contribution in [0.15, 0.2) is 30.6 Å². The van der Waals surface area contributed by atoms with Crippen molar-refractivity contribution in [2.24, 2.45) is 0 Å². The number of nitrogens with one attached hydrogen (secondary N) is 1. The molecule has 4 nitrogen and oxygen atoms in total. The second-order valence-electron chi connectivity index (χ2n) is 3.06. The quantitative estimate of drug-likeness (QED) is 0.773. The first-order valence-electron chi connectivity index (χ1n) is 4.47. The number of benzene rings is 1. The number of nitrogens with zero attached hydrogens (tertiary/aromatic N) is 1. The van der Waals surface area contributed by atoms with Crippen molar-refractivity contribution >= 4 is 6.29 Å². The number of carbonyl (C=O) groups excluding carboxylic acids is 1. The van der Waals surface area contributed by atoms with E-state index in [0.717, 1.165) is 23.2 Å². The standard InChI is InChI=1S/C11H10N2O2/c1-15-11-3-2-8(7-14)4-10(11)9-5-12-13-6-9/h2-7H,1H3,(H,12,13). The minimum absolute atomic E-state index is 0.618. The summed E-state index contributed by atoms with van der Waals surface area (Å²) in [5.74, 6) is 0.724. The summed E-state index contributed by atoms with van der Waals surface area (Å²) in [6.07, 6.45) is 4.25. The molecule has 0 atom stereocenters. The van der Waals surface area contributed by atoms with Gasteiger partial charge in [0.1, 0.15) is 12.0 Å². The van der Waals surface area contributed by atoms with Gasteiger partial charge < -0.3 is 4.74 Å². The second kappa shape index (κ2) is 3.96. The number of hydrogen-bond acceptors (Lipinski definition) is 3. The first kappa shape index (κ1) is 9.45. The molecule has 0 aliphatic rings. The van der Waals surface area contributed by atoms with Crippen LogP contribution in [-0.4, -0.2) is 23.6 Å². The summed E-state index contributed by atoms with van der Waals surface area (Å²) in [7, 11) is 1.60. The molecule has 0 saturated carbocycles. The van der Waals surface area contributed by atoms with E-state index in [-0.39, 0.29) is 0 Å². The van der Waals surface area contributed by atoms with E-state index in [1.807, 2.05) is 0 Å². The van der Waals surface area contributed by atoms with Crippen LogP contribution in [0.1, 0.15) is 10.4 Å². The molecular formula is C11H10N2O2. The first-order chi connectivity index (χ1) is 7.35. The molecule has 0 aliphatic heterocycles. The van der Waals surface area contributed by atoms with Crippen LogP contribution in [0.4, 0.5) is 0 Å². The molecule has 0 fully saturated rings. The van der Waals surface area contributed by atoms with E-state index in [4.69, 9.17) is 4.74 Å². The molecule has 1 N–H and O–H groups in total. The van der Waals surface area contributed by atoms with Crippen LogP contribution in [0.3, 0.4) is 0 Å². The minimum Gasteiger partial charge on any atom is -0.496 e. The monoisotopic (exact) mass is 202 g/mol. The van der Waals surface area contributed by atoms with Crippen molar-refractivity contribution in [1.82, 2.24) is 10.2 Å². The Morgan fingerprint density at radius 2 is 2.33 bits per heavy atom. The van der Waals surface area contributed by atoms with Crippen molar-refractivity contribution in [2.45, 2.75) is 0 Å². The van der Waals surface area contributed by atoms with Crippen molar-refractivity contribution in [2.75, 3.05) is 7.11 Å². The summed E-state index contributed by atoms with van der Waals surface area (Å²) in [4.78, 5) is 10.7. The molecule has 0 unspecified atom stereocenters. The Balaban J connectivity index is 2.56. The van der Waals surface area contributed by atoms with E-state index in [2.05, 4.69) is 10.2 Å². The Bertz CT molecular complexity index is 463. The third-order valence-corrected chi connectivity index (χ3v) is 2.17. The summed E-state index contributed by atoms with van der Waals surface area (Å²) in [5, 5.41) is 6.58. The maximum atomic E-state index is 10.7. The molecule has 0 radical (unpaired) electrons. The normalized spacial score (nSPS) is 9.93. The van der Waals surface area contributed by atoms with Crippen molar-refractivity contribution in [3.63, 3.8) is 0 Å². The number of aromatic amines is 1. The van der Waals surface area contributed by atoms with Crippen molar-refractivity contribution < 1.29 is 9.53 Å². The third-order valence-electron chi connectivity index (χ3n) is 2.17. The molecule has 4 heteroatoms. The van der Waals surface area contributed by atoms with E-state index >= 15 is 0 Å². The summed E-state index contributed by atoms with van der Waals surface area (Å²) in [6, 6.07) is 5.26. The van der Waals surface area contributed by atoms with Gasteiger partial charge in [0.25, 0.3) is 0 Å². The van der Waals surface area contributed by atoms with Gasteiger partial charge in [-0.3, -0.25) is 9.89 Å². The van der Waals surface area contributed by atoms with Crippen LogP contribution in [0.5, 0.6) is 5.75 Å². The average molecular weight is 202 g/mol. The lowest BCUT2D eigenvalue weighted by Gasteiger charge is -2.06. The van der Waals surface area contributed by atoms with Gasteiger partial charge >= 0.3 is 0 Å². The lowest BCUT2D eigenvalue weighted by molar-refractivity contribution is 0.112. The number of hydrogen-bond donors (Lipinski definition) is 1. The van der Waals surface area contributed by atoms with Gasteiger partial charge in [-0.05, 0) is 18.2 Å². The average Bonchev–Trinajstić information content (AvgIpc) is 2.81. The van der Waals surface area contributed by atoms with Crippen LogP contribution < -0.4 is 4.74 Å². The van der Waals surface area contributed by atoms with E-state index in [9.17, 15) is 4.79 Å². The van der Waals surface area contributed by atoms with E-state index < -0.39 is 0 Å². The highest BCUT2D eigenvalue weighted by atomic mass is 16.5. The molecule has 15 heavy (non-hydrogen) atoms. The lowest BCUT2D eigenvalue weighted by atomic mass is 10.1. The number of H-pyrrole nitrogens is 1. The van der Waals surface area contributed by atoms with Crippen LogP contribution >= 0.6 is 0 Å². The highest BCUT2D eigenvalue weighted by Crippen LogP contribution is 2.29. The second-order valence-corrected chi connectivity index (χ2v) is 3.06. The van der Waals surface area contributed by atoms with Crippen LogP contribution in [0, 0.1) is 0 Å². The van der Waals surface area contributed by atoms with Gasteiger partial charge in [0, 0.05) is 22.9 Å². The van der Waals surface area contributed by atoms with Crippen LogP contribution in [0.2, 0.25) is 0 Å². The SMILES string of the molecule is COc1ccc(C=O)cc1-c1cn[nH]c1. The molecule has 0 aliphatic carbocycles. The summed E-state index contributed by atoms with van der Waals surface area (Å²) >= 11 is 0. The Morgan fingerprint density at radius 1 is 1.47 bits per heavy atom. The van der Waals surface area contributed by atoms with E-state index in [0.29, 0.717) is 5.56 Å². The number of methoxy groups -OCH3 is 1. The Morgan fingerprint density at radius 3 is 2.93 bits per heavy atom. The van der Waals surface area contributed by atoms with Gasteiger partial charge in [-0.25, -0.2) is 0 Å². The van der Waals surface area contributed by atoms with Gasteiger partial charge in [-0.15, -0.1) is 0 Å². The molecular weight excluding hydrogens is 192 g/mol. The van der Waals surface area contributed by atoms with Crippen molar-refractivity contribution in [1.29, 1.82) is 0 Å². The fourth-order valence-electron chi connectivity index (χ4n) is 1.42. The van der Waals surface area contributed by atoms with E-state index in [1.165, 1.54) is 0 Å². The maximum Gasteiger partial charge on any atom is 0.150 e. The molecule has 2 aromatic rings. The molecule has 0 spiro atoms. The molecule has 76 valence electrons. The van der Waals surface area contributed by atoms with Gasteiger partial charge in [-0.2, -0.15) is 5.10 Å². The number of ether oxygens (including phenoxy) is 1. The Kier molecular flexibility index (Phi) is 2.49. The van der Waals surface area contributed by atoms with E-state index in [1.54, 1.807) is 37.7 Å². The fourth-order valence-corrected chi connectivity index (χ4v) is 1.42. The Hall–Kier alpha value is -2.10. The third kappa shape index (κ3) is 1.74. The molecule has 1 heterocycles. The zero-order valence-electron chi connectivity index (χ0n) is 8.23. The van der Waals surface area contributed by atoms with Crippen molar-refractivity contribution in [3.05, 3.63) is 36.2 Å². The minimum atomic E-state index is 0.618. The van der Waals surface area contributed by atoms with Crippen LogP contribution in [0.25, 0.3) is 11.1 Å². The topological polar surface area (TPSA) is 55.0 Å². The van der Waals surface area contributed by atoms with Crippen LogP contribution in [-0.2, 0) is 0 Å². The van der Waals surface area contributed by atoms with Gasteiger partial charge in [-0.1, -0.05) is 0 Å². The highest BCUT2D eigenvalue weighted by Gasteiger charge is 2.07. The fraction of sp³-hybridized carbons (Fsp3) is 0.0909. The maximum absolute atomic E-state index is 10.7. The molecule has 2 rings (SSSR count). The molecule has 0 saturated heterocycles. The van der Waals surface area contributed by atoms with Crippen molar-refractivity contribution in [3.8, 4) is 16.9 Å². The predicted octanol–water partition coefficient (Wildman–Crippen LogP) is 1.90. The summed E-state index contributed by atoms with van der Waals surface area (Å²) < 4.78 is 5.21. The molecule has 1 aromatic heterocycles. The Labute approximate surface area is 86.9 Å². The predicted molar refractivity (Wildman–Crippen MR) is 56.0 cm³/mol. The van der Waals surface area contributed by atoms with Gasteiger partial charge in [0.15, 0.2) is 0 Å². The number of carbonyl (C=O) groups is 1. The highest BCUT2D eigenvalue weighted by molar-refractivity contribution is 5.81.